The summed E-state index contributed by atoms with van der Waals surface area (Å²) in [4.78, 5) is 47.1. The number of hydrogen-bond acceptors (Lipinski definition) is 8. The predicted molar refractivity (Wildman–Crippen MR) is 207 cm³/mol. The zero-order valence-corrected chi connectivity index (χ0v) is 33.9. The molecule has 0 radical (unpaired) electrons. The molecule has 3 unspecified atom stereocenters. The van der Waals surface area contributed by atoms with E-state index in [1.807, 2.05) is 0 Å². The lowest BCUT2D eigenvalue weighted by atomic mass is 10.0. The Kier molecular flexibility index (Phi) is 34.7. The van der Waals surface area contributed by atoms with Crippen molar-refractivity contribution >= 4 is 23.9 Å². The summed E-state index contributed by atoms with van der Waals surface area (Å²) in [6.07, 6.45) is 31.7. The van der Waals surface area contributed by atoms with Gasteiger partial charge in [0.25, 0.3) is 0 Å². The molecular formula is C43H80O8. The van der Waals surface area contributed by atoms with Crippen molar-refractivity contribution in [2.24, 2.45) is 0 Å². The number of ether oxygens (including phenoxy) is 4. The Morgan fingerprint density at radius 3 is 1.08 bits per heavy atom. The van der Waals surface area contributed by atoms with Crippen LogP contribution in [-0.4, -0.2) is 48.8 Å². The van der Waals surface area contributed by atoms with Gasteiger partial charge in [-0.1, -0.05) is 129 Å². The minimum Gasteiger partial charge on any atom is -0.463 e. The Balaban J connectivity index is 3.69. The fourth-order valence-electron chi connectivity index (χ4n) is 6.60. The van der Waals surface area contributed by atoms with Crippen LogP contribution in [0.15, 0.2) is 0 Å². The zero-order chi connectivity index (χ0) is 37.8. The van der Waals surface area contributed by atoms with Crippen molar-refractivity contribution in [1.29, 1.82) is 0 Å². The van der Waals surface area contributed by atoms with E-state index in [0.717, 1.165) is 89.9 Å². The molecule has 0 aliphatic rings. The summed E-state index contributed by atoms with van der Waals surface area (Å²) in [5.41, 5.74) is 0. The smallest absolute Gasteiger partial charge is 0.306 e. The predicted octanol–water partition coefficient (Wildman–Crippen LogP) is 12.1. The molecule has 0 N–H and O–H groups in total. The first-order valence-corrected chi connectivity index (χ1v) is 21.4. The molecular weight excluding hydrogens is 644 g/mol. The fourth-order valence-corrected chi connectivity index (χ4v) is 6.60. The van der Waals surface area contributed by atoms with Gasteiger partial charge in [0, 0.05) is 26.7 Å². The van der Waals surface area contributed by atoms with Crippen molar-refractivity contribution in [1.82, 2.24) is 0 Å². The Morgan fingerprint density at radius 2 is 0.725 bits per heavy atom. The van der Waals surface area contributed by atoms with Gasteiger partial charge in [0.2, 0.25) is 0 Å². The standard InChI is InChI=1S/C43H80O8/c1-6-8-10-24-30-40(50-38(4)44)32-26-20-16-12-14-18-22-28-34-42(46)48-36-37(3)49-43(47)35-29-23-19-15-13-17-21-27-33-41(51-39(5)45)31-25-11-9-7-2/h37,40-41H,6-36H2,1-5H3. The van der Waals surface area contributed by atoms with Gasteiger partial charge in [-0.3, -0.25) is 19.2 Å². The summed E-state index contributed by atoms with van der Waals surface area (Å²) in [5, 5.41) is 0. The molecule has 8 heteroatoms. The molecule has 0 fully saturated rings. The first-order chi connectivity index (χ1) is 24.7. The van der Waals surface area contributed by atoms with Gasteiger partial charge in [-0.15, -0.1) is 0 Å². The van der Waals surface area contributed by atoms with Crippen LogP contribution in [-0.2, 0) is 38.1 Å². The molecule has 0 rings (SSSR count). The van der Waals surface area contributed by atoms with E-state index in [0.29, 0.717) is 12.8 Å². The third-order valence-corrected chi connectivity index (χ3v) is 9.55. The molecule has 0 aromatic rings. The summed E-state index contributed by atoms with van der Waals surface area (Å²) in [7, 11) is 0. The molecule has 0 spiro atoms. The molecule has 0 bridgehead atoms. The largest absolute Gasteiger partial charge is 0.463 e. The highest BCUT2D eigenvalue weighted by Crippen LogP contribution is 2.19. The Hall–Kier alpha value is -2.12. The van der Waals surface area contributed by atoms with E-state index in [1.54, 1.807) is 6.92 Å². The monoisotopic (exact) mass is 725 g/mol. The van der Waals surface area contributed by atoms with Crippen LogP contribution in [0.2, 0.25) is 0 Å². The summed E-state index contributed by atoms with van der Waals surface area (Å²) in [6.45, 7) is 9.32. The van der Waals surface area contributed by atoms with Crippen molar-refractivity contribution in [3.8, 4) is 0 Å². The van der Waals surface area contributed by atoms with Crippen LogP contribution in [0.3, 0.4) is 0 Å². The second-order valence-electron chi connectivity index (χ2n) is 14.9. The van der Waals surface area contributed by atoms with Crippen molar-refractivity contribution in [2.75, 3.05) is 6.61 Å². The maximum absolute atomic E-state index is 12.2. The minimum absolute atomic E-state index is 0.0764. The minimum atomic E-state index is -0.427. The summed E-state index contributed by atoms with van der Waals surface area (Å²) >= 11 is 0. The molecule has 0 saturated carbocycles. The lowest BCUT2D eigenvalue weighted by Gasteiger charge is -2.17. The maximum atomic E-state index is 12.2. The second kappa shape index (κ2) is 36.2. The normalized spacial score (nSPS) is 13.0. The Bertz CT molecular complexity index is 844. The fraction of sp³-hybridized carbons (Fsp3) is 0.907. The first kappa shape index (κ1) is 48.9. The number of carbonyl (C=O) groups is 4. The van der Waals surface area contributed by atoms with E-state index in [-0.39, 0.29) is 42.7 Å². The number of esters is 4. The molecule has 3 atom stereocenters. The van der Waals surface area contributed by atoms with E-state index >= 15 is 0 Å². The average Bonchev–Trinajstić information content (AvgIpc) is 3.08. The first-order valence-electron chi connectivity index (χ1n) is 21.4. The zero-order valence-electron chi connectivity index (χ0n) is 33.9. The molecule has 0 amide bonds. The van der Waals surface area contributed by atoms with Crippen molar-refractivity contribution in [2.45, 2.75) is 246 Å². The maximum Gasteiger partial charge on any atom is 0.306 e. The summed E-state index contributed by atoms with van der Waals surface area (Å²) < 4.78 is 21.8. The second-order valence-corrected chi connectivity index (χ2v) is 14.9. The van der Waals surface area contributed by atoms with E-state index in [2.05, 4.69) is 13.8 Å². The van der Waals surface area contributed by atoms with Gasteiger partial charge in [-0.05, 0) is 71.1 Å². The van der Waals surface area contributed by atoms with Crippen LogP contribution in [0, 0.1) is 0 Å². The molecule has 0 aromatic carbocycles. The van der Waals surface area contributed by atoms with Crippen molar-refractivity contribution in [3.05, 3.63) is 0 Å². The van der Waals surface area contributed by atoms with E-state index in [9.17, 15) is 19.2 Å². The molecule has 51 heavy (non-hydrogen) atoms. The highest BCUT2D eigenvalue weighted by atomic mass is 16.6. The summed E-state index contributed by atoms with van der Waals surface area (Å²) in [6, 6.07) is 0. The third-order valence-electron chi connectivity index (χ3n) is 9.55. The lowest BCUT2D eigenvalue weighted by molar-refractivity contribution is -0.158. The van der Waals surface area contributed by atoms with Gasteiger partial charge < -0.3 is 18.9 Å². The molecule has 0 aliphatic carbocycles. The van der Waals surface area contributed by atoms with E-state index in [1.165, 1.54) is 104 Å². The van der Waals surface area contributed by atoms with Gasteiger partial charge in [-0.25, -0.2) is 0 Å². The third kappa shape index (κ3) is 36.0. The van der Waals surface area contributed by atoms with Gasteiger partial charge in [0.05, 0.1) is 0 Å². The van der Waals surface area contributed by atoms with Crippen LogP contribution < -0.4 is 0 Å². The van der Waals surface area contributed by atoms with Crippen LogP contribution in [0.4, 0.5) is 0 Å². The lowest BCUT2D eigenvalue weighted by Crippen LogP contribution is -2.22. The number of carbonyl (C=O) groups excluding carboxylic acids is 4. The molecule has 0 aromatic heterocycles. The Labute approximate surface area is 313 Å². The van der Waals surface area contributed by atoms with Crippen molar-refractivity contribution in [3.63, 3.8) is 0 Å². The molecule has 0 saturated heterocycles. The van der Waals surface area contributed by atoms with Crippen LogP contribution in [0.5, 0.6) is 0 Å². The number of rotatable bonds is 37. The highest BCUT2D eigenvalue weighted by molar-refractivity contribution is 5.70. The highest BCUT2D eigenvalue weighted by Gasteiger charge is 2.14. The van der Waals surface area contributed by atoms with Crippen LogP contribution >= 0.6 is 0 Å². The van der Waals surface area contributed by atoms with Gasteiger partial charge in [-0.2, -0.15) is 0 Å². The molecule has 8 nitrogen and oxygen atoms in total. The SMILES string of the molecule is CCCCCCC(CCCCCCCCCCC(=O)OCC(C)OC(=O)CCCCCCCCCCC(CCCCCC)OC(C)=O)OC(C)=O. The van der Waals surface area contributed by atoms with Gasteiger partial charge >= 0.3 is 23.9 Å². The van der Waals surface area contributed by atoms with E-state index in [4.69, 9.17) is 18.9 Å². The van der Waals surface area contributed by atoms with Gasteiger partial charge in [0.15, 0.2) is 0 Å². The molecule has 0 aliphatic heterocycles. The average molecular weight is 725 g/mol. The Morgan fingerprint density at radius 1 is 0.412 bits per heavy atom. The van der Waals surface area contributed by atoms with Crippen LogP contribution in [0.1, 0.15) is 227 Å². The van der Waals surface area contributed by atoms with E-state index < -0.39 is 6.10 Å². The van der Waals surface area contributed by atoms with Crippen LogP contribution in [0.25, 0.3) is 0 Å². The topological polar surface area (TPSA) is 105 Å². The molecule has 0 heterocycles. The van der Waals surface area contributed by atoms with Gasteiger partial charge in [0.1, 0.15) is 24.9 Å². The molecule has 300 valence electrons. The quantitative estimate of drug-likeness (QED) is 0.0354. The summed E-state index contributed by atoms with van der Waals surface area (Å²) in [5.74, 6) is -0.773. The van der Waals surface area contributed by atoms with Crippen molar-refractivity contribution < 1.29 is 38.1 Å². The number of hydrogen-bond donors (Lipinski definition) is 0. The number of unbranched alkanes of at least 4 members (excludes halogenated alkanes) is 20.